The summed E-state index contributed by atoms with van der Waals surface area (Å²) < 4.78 is 48.5. The van der Waals surface area contributed by atoms with Crippen LogP contribution in [0.1, 0.15) is 40.2 Å². The van der Waals surface area contributed by atoms with Gasteiger partial charge in [-0.25, -0.2) is 22.6 Å². The number of urea groups is 1. The highest BCUT2D eigenvalue weighted by Gasteiger charge is 2.21. The second-order valence-corrected chi connectivity index (χ2v) is 13.0. The fourth-order valence-electron chi connectivity index (χ4n) is 5.25. The first-order valence-electron chi connectivity index (χ1n) is 14.5. The van der Waals surface area contributed by atoms with Gasteiger partial charge in [0, 0.05) is 42.5 Å². The first-order valence-corrected chi connectivity index (χ1v) is 16.4. The summed E-state index contributed by atoms with van der Waals surface area (Å²) in [5, 5.41) is 5.31. The Labute approximate surface area is 266 Å². The normalized spacial score (nSPS) is 14.0. The van der Waals surface area contributed by atoms with Gasteiger partial charge in [-0.15, -0.1) is 0 Å². The molecule has 4 aromatic rings. The van der Waals surface area contributed by atoms with E-state index >= 15 is 0 Å². The number of aromatic nitrogens is 1. The molecule has 3 amide bonds. The van der Waals surface area contributed by atoms with E-state index in [-0.39, 0.29) is 16.1 Å². The molecule has 2 heterocycles. The van der Waals surface area contributed by atoms with E-state index in [1.165, 1.54) is 36.9 Å². The minimum Gasteiger partial charge on any atom is -0.493 e. The topological polar surface area (TPSA) is 153 Å². The number of rotatable bonds is 10. The van der Waals surface area contributed by atoms with Crippen molar-refractivity contribution in [2.24, 2.45) is 5.73 Å². The minimum absolute atomic E-state index is 0.144. The lowest BCUT2D eigenvalue weighted by molar-refractivity contribution is 0.0996. The smallest absolute Gasteiger partial charge is 0.323 e. The first kappa shape index (κ1) is 32.4. The van der Waals surface area contributed by atoms with Crippen LogP contribution in [0.25, 0.3) is 0 Å². The average molecular weight is 648 g/mol. The Bertz CT molecular complexity index is 1830. The van der Waals surface area contributed by atoms with Gasteiger partial charge in [0.25, 0.3) is 5.91 Å². The quantitative estimate of drug-likeness (QED) is 0.203. The number of benzene rings is 3. The molecule has 0 aliphatic carbocycles. The summed E-state index contributed by atoms with van der Waals surface area (Å²) in [6.07, 6.45) is 4.87. The molecular formula is C33H34FN5O6S. The highest BCUT2D eigenvalue weighted by molar-refractivity contribution is 7.90. The molecule has 3 aromatic carbocycles. The van der Waals surface area contributed by atoms with Gasteiger partial charge in [0.05, 0.1) is 17.6 Å². The van der Waals surface area contributed by atoms with Crippen molar-refractivity contribution in [3.8, 4) is 17.4 Å². The molecule has 0 bridgehead atoms. The third-order valence-corrected chi connectivity index (χ3v) is 8.81. The van der Waals surface area contributed by atoms with Gasteiger partial charge in [-0.1, -0.05) is 18.2 Å². The van der Waals surface area contributed by atoms with Crippen LogP contribution in [0.4, 0.5) is 20.6 Å². The van der Waals surface area contributed by atoms with E-state index in [1.807, 2.05) is 30.3 Å². The molecule has 11 nitrogen and oxygen atoms in total. The number of sulfone groups is 1. The molecule has 4 N–H and O–H groups in total. The summed E-state index contributed by atoms with van der Waals surface area (Å²) in [5.74, 6) is -0.233. The number of carbonyl (C=O) groups is 2. The number of primary amides is 1. The number of piperidine rings is 1. The molecule has 5 rings (SSSR count). The highest BCUT2D eigenvalue weighted by atomic mass is 32.2. The molecular weight excluding hydrogens is 613 g/mol. The summed E-state index contributed by atoms with van der Waals surface area (Å²) in [7, 11) is -1.92. The summed E-state index contributed by atoms with van der Waals surface area (Å²) in [4.78, 5) is 30.7. The van der Waals surface area contributed by atoms with Gasteiger partial charge in [0.15, 0.2) is 21.3 Å². The van der Waals surface area contributed by atoms with Gasteiger partial charge < -0.3 is 25.8 Å². The van der Waals surface area contributed by atoms with Crippen LogP contribution in [0.15, 0.2) is 83.9 Å². The second-order valence-electron chi connectivity index (χ2n) is 11.0. The molecule has 1 aliphatic rings. The molecule has 0 saturated carbocycles. The van der Waals surface area contributed by atoms with Gasteiger partial charge in [-0.3, -0.25) is 9.69 Å². The van der Waals surface area contributed by atoms with Crippen LogP contribution in [0, 0.1) is 5.82 Å². The lowest BCUT2D eigenvalue weighted by Gasteiger charge is -2.32. The van der Waals surface area contributed by atoms with E-state index in [9.17, 15) is 22.4 Å². The van der Waals surface area contributed by atoms with Crippen molar-refractivity contribution in [2.75, 3.05) is 37.1 Å². The van der Waals surface area contributed by atoms with E-state index in [0.29, 0.717) is 29.0 Å². The minimum atomic E-state index is -3.37. The zero-order valence-corrected chi connectivity index (χ0v) is 26.1. The number of anilines is 2. The number of ether oxygens (including phenoxy) is 2. The van der Waals surface area contributed by atoms with Crippen molar-refractivity contribution >= 4 is 33.2 Å². The second kappa shape index (κ2) is 14.0. The van der Waals surface area contributed by atoms with Gasteiger partial charge in [-0.2, -0.15) is 0 Å². The molecule has 1 fully saturated rings. The maximum atomic E-state index is 13.7. The molecule has 0 radical (unpaired) electrons. The number of nitrogens with one attached hydrogen (secondary N) is 2. The number of hydrogen-bond donors (Lipinski definition) is 3. The van der Waals surface area contributed by atoms with Crippen molar-refractivity contribution in [2.45, 2.75) is 30.2 Å². The predicted molar refractivity (Wildman–Crippen MR) is 172 cm³/mol. The van der Waals surface area contributed by atoms with Crippen molar-refractivity contribution in [1.82, 2.24) is 9.88 Å². The Morgan fingerprint density at radius 2 is 1.65 bits per heavy atom. The average Bonchev–Trinajstić information content (AvgIpc) is 3.03. The summed E-state index contributed by atoms with van der Waals surface area (Å²) in [6.45, 7) is 2.58. The Hall–Kier alpha value is -5.01. The van der Waals surface area contributed by atoms with E-state index in [1.54, 1.807) is 18.3 Å². The first-order chi connectivity index (χ1) is 22.0. The van der Waals surface area contributed by atoms with E-state index < -0.39 is 27.6 Å². The molecule has 0 atom stereocenters. The Balaban J connectivity index is 1.09. The number of likely N-dealkylation sites (tertiary alicyclic amines) is 1. The lowest BCUT2D eigenvalue weighted by atomic mass is 9.89. The van der Waals surface area contributed by atoms with Crippen molar-refractivity contribution < 1.29 is 31.9 Å². The number of carbonyl (C=O) groups excluding carboxylic acids is 2. The molecule has 13 heteroatoms. The molecule has 1 aromatic heterocycles. The molecule has 0 spiro atoms. The molecule has 1 saturated heterocycles. The van der Waals surface area contributed by atoms with Crippen molar-refractivity contribution in [3.05, 3.63) is 102 Å². The monoisotopic (exact) mass is 647 g/mol. The largest absolute Gasteiger partial charge is 0.493 e. The number of hydrogen-bond acceptors (Lipinski definition) is 8. The molecule has 0 unspecified atom stereocenters. The Kier molecular flexibility index (Phi) is 9.83. The SMILES string of the molecule is COc1cc(S(C)(=O)=O)ccc1Oc1ccc(CN2CCC(c3ccc(NC(=O)Nc4ccc(F)c(C(N)=O)c4)cc3)CC2)cn1. The number of amides is 3. The maximum absolute atomic E-state index is 13.7. The number of methoxy groups -OCH3 is 1. The Morgan fingerprint density at radius 1 is 0.957 bits per heavy atom. The molecule has 46 heavy (non-hydrogen) atoms. The third-order valence-electron chi connectivity index (χ3n) is 7.70. The summed E-state index contributed by atoms with van der Waals surface area (Å²) in [6, 6.07) is 19.0. The van der Waals surface area contributed by atoms with Gasteiger partial charge in [-0.05, 0) is 85.4 Å². The van der Waals surface area contributed by atoms with Crippen molar-refractivity contribution in [1.29, 1.82) is 0 Å². The molecule has 1 aliphatic heterocycles. The maximum Gasteiger partial charge on any atom is 0.323 e. The summed E-state index contributed by atoms with van der Waals surface area (Å²) in [5.41, 5.74) is 7.95. The predicted octanol–water partition coefficient (Wildman–Crippen LogP) is 5.55. The van der Waals surface area contributed by atoms with Gasteiger partial charge >= 0.3 is 6.03 Å². The van der Waals surface area contributed by atoms with Gasteiger partial charge in [0.2, 0.25) is 5.88 Å². The number of halogens is 1. The zero-order valence-electron chi connectivity index (χ0n) is 25.3. The van der Waals surface area contributed by atoms with Crippen LogP contribution in [0.2, 0.25) is 0 Å². The van der Waals surface area contributed by atoms with E-state index in [2.05, 4.69) is 20.5 Å². The van der Waals surface area contributed by atoms with Crippen LogP contribution in [0.3, 0.4) is 0 Å². The Morgan fingerprint density at radius 3 is 2.28 bits per heavy atom. The number of pyridine rings is 1. The van der Waals surface area contributed by atoms with Crippen LogP contribution in [-0.2, 0) is 16.4 Å². The van der Waals surface area contributed by atoms with E-state index in [4.69, 9.17) is 15.2 Å². The van der Waals surface area contributed by atoms with E-state index in [0.717, 1.165) is 50.4 Å². The standard InChI is InChI=1S/C33H34FN5O6S/c1-44-30-18-26(46(2,42)43)9-11-29(30)45-31-12-3-21(19-36-31)20-39-15-13-23(14-16-39)22-4-6-24(7-5-22)37-33(41)38-25-8-10-28(34)27(17-25)32(35)40/h3-12,17-19,23H,13-16,20H2,1-2H3,(H2,35,40)(H2,37,38,41). The fraction of sp³-hybridized carbons (Fsp3) is 0.242. The number of nitrogens with zero attached hydrogens (tertiary/aromatic N) is 2. The van der Waals surface area contributed by atoms with Crippen LogP contribution < -0.4 is 25.8 Å². The third kappa shape index (κ3) is 8.17. The molecule has 240 valence electrons. The highest BCUT2D eigenvalue weighted by Crippen LogP contribution is 2.33. The van der Waals surface area contributed by atoms with Gasteiger partial charge in [0.1, 0.15) is 5.82 Å². The fourth-order valence-corrected chi connectivity index (χ4v) is 5.88. The van der Waals surface area contributed by atoms with Crippen LogP contribution >= 0.6 is 0 Å². The van der Waals surface area contributed by atoms with Crippen LogP contribution in [-0.4, -0.2) is 56.7 Å². The zero-order chi connectivity index (χ0) is 32.8. The lowest BCUT2D eigenvalue weighted by Crippen LogP contribution is -2.32. The summed E-state index contributed by atoms with van der Waals surface area (Å²) >= 11 is 0. The number of nitrogens with two attached hydrogens (primary N) is 1. The van der Waals surface area contributed by atoms with Crippen LogP contribution in [0.5, 0.6) is 17.4 Å². The van der Waals surface area contributed by atoms with Crippen molar-refractivity contribution in [3.63, 3.8) is 0 Å².